The Bertz CT molecular complexity index is 544. The lowest BCUT2D eigenvalue weighted by Gasteiger charge is -2.19. The van der Waals surface area contributed by atoms with E-state index < -0.39 is 0 Å². The number of Topliss-reactive ketones (excluding diaryl/α,β-unsaturated/α-hetero) is 1. The second-order valence-electron chi connectivity index (χ2n) is 5.27. The third kappa shape index (κ3) is 4.35. The van der Waals surface area contributed by atoms with E-state index >= 15 is 0 Å². The predicted molar refractivity (Wildman–Crippen MR) is 81.2 cm³/mol. The third-order valence-electron chi connectivity index (χ3n) is 2.67. The van der Waals surface area contributed by atoms with Gasteiger partial charge in [0.25, 0.3) is 0 Å². The van der Waals surface area contributed by atoms with E-state index in [9.17, 15) is 4.79 Å². The molecule has 0 unspecified atom stereocenters. The second kappa shape index (κ2) is 6.70. The molecule has 1 heterocycles. The van der Waals surface area contributed by atoms with Gasteiger partial charge in [-0.1, -0.05) is 18.2 Å². The highest BCUT2D eigenvalue weighted by Crippen LogP contribution is 2.18. The molecule has 0 aliphatic carbocycles. The number of hydrogen-bond donors (Lipinski definition) is 2. The normalized spacial score (nSPS) is 10.7. The molecule has 0 spiro atoms. The van der Waals surface area contributed by atoms with E-state index in [1.54, 1.807) is 6.20 Å². The van der Waals surface area contributed by atoms with Crippen LogP contribution in [-0.4, -0.2) is 28.3 Å². The van der Waals surface area contributed by atoms with Crippen LogP contribution in [0.2, 0.25) is 0 Å². The minimum Gasteiger partial charge on any atom is -0.412 e. The van der Waals surface area contributed by atoms with Crippen LogP contribution in [0, 0.1) is 0 Å². The van der Waals surface area contributed by atoms with Crippen molar-refractivity contribution in [2.75, 3.05) is 6.54 Å². The number of halogens is 1. The predicted octanol–water partition coefficient (Wildman–Crippen LogP) is 2.34. The minimum atomic E-state index is -0.0399. The fourth-order valence-electron chi connectivity index (χ4n) is 1.74. The number of hydrogen-bond acceptors (Lipinski definition) is 2. The molecule has 0 atom stereocenters. The summed E-state index contributed by atoms with van der Waals surface area (Å²) in [6.07, 6.45) is 1.79. The lowest BCUT2D eigenvalue weighted by Crippen LogP contribution is -2.39. The first-order valence-corrected chi connectivity index (χ1v) is 5.82. The molecule has 4 N–H and O–H groups in total. The fraction of sp³-hybridized carbons (Fsp3) is 0.357. The van der Waals surface area contributed by atoms with Gasteiger partial charge in [-0.15, -0.1) is 12.4 Å². The van der Waals surface area contributed by atoms with Gasteiger partial charge in [0.1, 0.15) is 0 Å². The Morgan fingerprint density at radius 1 is 1.26 bits per heavy atom. The van der Waals surface area contributed by atoms with Crippen LogP contribution in [0.25, 0.3) is 10.9 Å². The zero-order chi connectivity index (χ0) is 12.5. The van der Waals surface area contributed by atoms with E-state index in [4.69, 9.17) is 0 Å². The fourth-order valence-corrected chi connectivity index (χ4v) is 1.74. The molecular weight excluding hydrogens is 264 g/mol. The van der Waals surface area contributed by atoms with Gasteiger partial charge in [-0.05, 0) is 26.8 Å². The van der Waals surface area contributed by atoms with Crippen molar-refractivity contribution in [3.63, 3.8) is 0 Å². The Hall–Kier alpha value is -1.36. The van der Waals surface area contributed by atoms with Crippen molar-refractivity contribution in [3.05, 3.63) is 36.0 Å². The summed E-state index contributed by atoms with van der Waals surface area (Å²) < 4.78 is 0. The average molecular weight is 285 g/mol. The number of carbonyl (C=O) groups excluding carboxylic acids is 1. The SMILES string of the molecule is CC(C)(C)NCC(=O)c1c[nH]c2ccccc12.Cl.O. The van der Waals surface area contributed by atoms with E-state index in [1.807, 2.05) is 24.3 Å². The highest BCUT2D eigenvalue weighted by Gasteiger charge is 2.15. The van der Waals surface area contributed by atoms with Crippen molar-refractivity contribution >= 4 is 29.1 Å². The van der Waals surface area contributed by atoms with Gasteiger partial charge in [-0.2, -0.15) is 0 Å². The van der Waals surface area contributed by atoms with E-state index in [-0.39, 0.29) is 29.2 Å². The molecule has 106 valence electrons. The molecule has 0 saturated carbocycles. The monoisotopic (exact) mass is 284 g/mol. The molecule has 1 aromatic carbocycles. The zero-order valence-corrected chi connectivity index (χ0v) is 12.2. The molecule has 0 radical (unpaired) electrons. The summed E-state index contributed by atoms with van der Waals surface area (Å²) >= 11 is 0. The number of carbonyl (C=O) groups is 1. The molecule has 0 bridgehead atoms. The Kier molecular flexibility index (Phi) is 6.22. The Morgan fingerprint density at radius 3 is 2.53 bits per heavy atom. The number of benzene rings is 1. The minimum absolute atomic E-state index is 0. The van der Waals surface area contributed by atoms with Crippen LogP contribution in [0.3, 0.4) is 0 Å². The maximum Gasteiger partial charge on any atom is 0.178 e. The smallest absolute Gasteiger partial charge is 0.178 e. The molecule has 5 heteroatoms. The third-order valence-corrected chi connectivity index (χ3v) is 2.67. The summed E-state index contributed by atoms with van der Waals surface area (Å²) in [6, 6.07) is 7.85. The van der Waals surface area contributed by atoms with Gasteiger partial charge in [-0.25, -0.2) is 0 Å². The average Bonchev–Trinajstić information content (AvgIpc) is 2.68. The lowest BCUT2D eigenvalue weighted by atomic mass is 10.1. The summed E-state index contributed by atoms with van der Waals surface area (Å²) in [4.78, 5) is 15.2. The van der Waals surface area contributed by atoms with Crippen molar-refractivity contribution in [2.24, 2.45) is 0 Å². The molecule has 19 heavy (non-hydrogen) atoms. The second-order valence-corrected chi connectivity index (χ2v) is 5.27. The number of aromatic amines is 1. The van der Waals surface area contributed by atoms with E-state index in [0.29, 0.717) is 6.54 Å². The quantitative estimate of drug-likeness (QED) is 0.849. The van der Waals surface area contributed by atoms with Crippen molar-refractivity contribution in [2.45, 2.75) is 26.3 Å². The summed E-state index contributed by atoms with van der Waals surface area (Å²) in [6.45, 7) is 6.52. The summed E-state index contributed by atoms with van der Waals surface area (Å²) in [5, 5.41) is 4.20. The van der Waals surface area contributed by atoms with Gasteiger partial charge in [-0.3, -0.25) is 4.79 Å². The van der Waals surface area contributed by atoms with Gasteiger partial charge in [0.05, 0.1) is 6.54 Å². The first-order valence-electron chi connectivity index (χ1n) is 5.82. The first-order chi connectivity index (χ1) is 7.97. The van der Waals surface area contributed by atoms with Crippen LogP contribution in [0.4, 0.5) is 0 Å². The van der Waals surface area contributed by atoms with Gasteiger partial charge >= 0.3 is 0 Å². The number of rotatable bonds is 3. The summed E-state index contributed by atoms with van der Waals surface area (Å²) in [5.41, 5.74) is 1.73. The topological polar surface area (TPSA) is 76.4 Å². The number of aromatic nitrogens is 1. The van der Waals surface area contributed by atoms with Crippen LogP contribution in [0.15, 0.2) is 30.5 Å². The van der Waals surface area contributed by atoms with Gasteiger partial charge in [0, 0.05) is 28.2 Å². The highest BCUT2D eigenvalue weighted by molar-refractivity contribution is 6.08. The highest BCUT2D eigenvalue weighted by atomic mass is 35.5. The lowest BCUT2D eigenvalue weighted by molar-refractivity contribution is 0.0983. The number of fused-ring (bicyclic) bond motifs is 1. The van der Waals surface area contributed by atoms with E-state index in [1.165, 1.54) is 0 Å². The molecule has 0 saturated heterocycles. The number of nitrogens with one attached hydrogen (secondary N) is 2. The Labute approximate surface area is 119 Å². The van der Waals surface area contributed by atoms with Crippen molar-refractivity contribution in [1.82, 2.24) is 10.3 Å². The van der Waals surface area contributed by atoms with E-state index in [0.717, 1.165) is 16.5 Å². The number of H-pyrrole nitrogens is 1. The van der Waals surface area contributed by atoms with Crippen LogP contribution in [0.1, 0.15) is 31.1 Å². The van der Waals surface area contributed by atoms with Crippen molar-refractivity contribution in [3.8, 4) is 0 Å². The maximum atomic E-state index is 12.1. The van der Waals surface area contributed by atoms with Crippen molar-refractivity contribution < 1.29 is 10.3 Å². The van der Waals surface area contributed by atoms with Crippen LogP contribution in [-0.2, 0) is 0 Å². The molecular formula is C14H21ClN2O2. The Morgan fingerprint density at radius 2 is 1.89 bits per heavy atom. The molecule has 0 amide bonds. The molecule has 2 aromatic rings. The largest absolute Gasteiger partial charge is 0.412 e. The molecule has 1 aromatic heterocycles. The summed E-state index contributed by atoms with van der Waals surface area (Å²) in [5.74, 6) is 0.123. The number of ketones is 1. The molecule has 2 rings (SSSR count). The standard InChI is InChI=1S/C14H18N2O.ClH.H2O/c1-14(2,3)16-9-13(17)11-8-15-12-7-5-4-6-10(11)12;;/h4-8,15-16H,9H2,1-3H3;1H;1H2. The molecule has 0 aliphatic rings. The van der Waals surface area contributed by atoms with Crippen LogP contribution in [0.5, 0.6) is 0 Å². The Balaban J connectivity index is 0.00000162. The van der Waals surface area contributed by atoms with Crippen molar-refractivity contribution in [1.29, 1.82) is 0 Å². The zero-order valence-electron chi connectivity index (χ0n) is 11.4. The summed E-state index contributed by atoms with van der Waals surface area (Å²) in [7, 11) is 0. The van der Waals surface area contributed by atoms with Gasteiger partial charge < -0.3 is 15.8 Å². The van der Waals surface area contributed by atoms with Gasteiger partial charge in [0.2, 0.25) is 0 Å². The first kappa shape index (κ1) is 17.6. The number of para-hydroxylation sites is 1. The van der Waals surface area contributed by atoms with Gasteiger partial charge in [0.15, 0.2) is 5.78 Å². The van der Waals surface area contributed by atoms with Crippen LogP contribution >= 0.6 is 12.4 Å². The molecule has 0 fully saturated rings. The maximum absolute atomic E-state index is 12.1. The van der Waals surface area contributed by atoms with Crippen LogP contribution < -0.4 is 5.32 Å². The molecule has 0 aliphatic heterocycles. The molecule has 4 nitrogen and oxygen atoms in total. The van der Waals surface area contributed by atoms with E-state index in [2.05, 4.69) is 31.1 Å².